The van der Waals surface area contributed by atoms with Gasteiger partial charge in [-0.15, -0.1) is 0 Å². The highest BCUT2D eigenvalue weighted by atomic mass is 16.4. The van der Waals surface area contributed by atoms with Gasteiger partial charge in [-0.05, 0) is 32.9 Å². The summed E-state index contributed by atoms with van der Waals surface area (Å²) in [5.41, 5.74) is 16.3. The third-order valence-electron chi connectivity index (χ3n) is 2.95. The van der Waals surface area contributed by atoms with Crippen molar-refractivity contribution in [2.75, 3.05) is 13.1 Å². The Bertz CT molecular complexity index is 390. The standard InChI is InChI=1S/C12H25N5O5/c1-6(18)9(12(21)22)17-11(20)8(3-5-14)16-10(19)7(15)2-4-13/h6-9,18H,2-5,13-15H2,1H3,(H,16,19)(H,17,20)(H,21,22)/t6-,7+,8+,9+/m1/s1. The highest BCUT2D eigenvalue weighted by molar-refractivity contribution is 5.91. The molecular weight excluding hydrogens is 294 g/mol. The summed E-state index contributed by atoms with van der Waals surface area (Å²) in [6.07, 6.45) is -0.956. The molecule has 4 atom stereocenters. The van der Waals surface area contributed by atoms with Crippen LogP contribution in [0.2, 0.25) is 0 Å². The monoisotopic (exact) mass is 319 g/mol. The molecule has 0 unspecified atom stereocenters. The number of aliphatic hydroxyl groups is 1. The normalized spacial score (nSPS) is 16.2. The summed E-state index contributed by atoms with van der Waals surface area (Å²) in [6.45, 7) is 1.54. The van der Waals surface area contributed by atoms with Crippen molar-refractivity contribution in [2.24, 2.45) is 17.2 Å². The molecule has 0 aliphatic rings. The van der Waals surface area contributed by atoms with Gasteiger partial charge < -0.3 is 38.0 Å². The van der Waals surface area contributed by atoms with Gasteiger partial charge >= 0.3 is 5.97 Å². The Balaban J connectivity index is 4.82. The van der Waals surface area contributed by atoms with Crippen molar-refractivity contribution in [1.82, 2.24) is 10.6 Å². The maximum absolute atomic E-state index is 12.0. The molecule has 0 saturated heterocycles. The van der Waals surface area contributed by atoms with Crippen LogP contribution in [0.4, 0.5) is 0 Å². The van der Waals surface area contributed by atoms with Crippen LogP contribution >= 0.6 is 0 Å². The molecule has 10 N–H and O–H groups in total. The Labute approximate surface area is 128 Å². The molecular formula is C12H25N5O5. The van der Waals surface area contributed by atoms with Crippen LogP contribution in [0, 0.1) is 0 Å². The molecule has 0 aliphatic heterocycles. The van der Waals surface area contributed by atoms with Crippen LogP contribution < -0.4 is 27.8 Å². The molecule has 10 nitrogen and oxygen atoms in total. The van der Waals surface area contributed by atoms with Crippen LogP contribution in [0.5, 0.6) is 0 Å². The molecule has 22 heavy (non-hydrogen) atoms. The van der Waals surface area contributed by atoms with Crippen molar-refractivity contribution < 1.29 is 24.6 Å². The summed E-state index contributed by atoms with van der Waals surface area (Å²) in [6, 6.07) is -3.39. The molecule has 10 heteroatoms. The van der Waals surface area contributed by atoms with Crippen molar-refractivity contribution in [3.05, 3.63) is 0 Å². The van der Waals surface area contributed by atoms with Gasteiger partial charge in [0.15, 0.2) is 6.04 Å². The molecule has 0 aromatic carbocycles. The molecule has 0 spiro atoms. The number of carboxylic acid groups (broad SMARTS) is 1. The average molecular weight is 319 g/mol. The highest BCUT2D eigenvalue weighted by Crippen LogP contribution is 1.98. The van der Waals surface area contributed by atoms with Gasteiger partial charge in [0, 0.05) is 0 Å². The maximum atomic E-state index is 12.0. The van der Waals surface area contributed by atoms with Crippen LogP contribution in [-0.2, 0) is 14.4 Å². The number of carboxylic acids is 1. The minimum atomic E-state index is -1.48. The first-order valence-corrected chi connectivity index (χ1v) is 6.91. The van der Waals surface area contributed by atoms with Crippen LogP contribution in [0.1, 0.15) is 19.8 Å². The maximum Gasteiger partial charge on any atom is 0.328 e. The van der Waals surface area contributed by atoms with E-state index in [0.717, 1.165) is 0 Å². The third-order valence-corrected chi connectivity index (χ3v) is 2.95. The summed E-state index contributed by atoms with van der Waals surface area (Å²) < 4.78 is 0. The van der Waals surface area contributed by atoms with Crippen LogP contribution in [-0.4, -0.2) is 65.3 Å². The second-order valence-electron chi connectivity index (χ2n) is 4.89. The molecule has 0 saturated carbocycles. The van der Waals surface area contributed by atoms with Crippen LogP contribution in [0.3, 0.4) is 0 Å². The second kappa shape index (κ2) is 10.1. The first kappa shape index (κ1) is 20.2. The fourth-order valence-electron chi connectivity index (χ4n) is 1.67. The summed E-state index contributed by atoms with van der Waals surface area (Å²) >= 11 is 0. The predicted molar refractivity (Wildman–Crippen MR) is 78.5 cm³/mol. The molecule has 0 aliphatic carbocycles. The van der Waals surface area contributed by atoms with Crippen LogP contribution in [0.15, 0.2) is 0 Å². The second-order valence-corrected chi connectivity index (χ2v) is 4.89. The van der Waals surface area contributed by atoms with Gasteiger partial charge in [-0.1, -0.05) is 0 Å². The number of hydrogen-bond donors (Lipinski definition) is 7. The van der Waals surface area contributed by atoms with Crippen molar-refractivity contribution in [3.63, 3.8) is 0 Å². The number of carbonyl (C=O) groups excluding carboxylic acids is 2. The lowest BCUT2D eigenvalue weighted by molar-refractivity contribution is -0.145. The van der Waals surface area contributed by atoms with Crippen molar-refractivity contribution in [2.45, 2.75) is 44.0 Å². The van der Waals surface area contributed by atoms with Gasteiger partial charge in [0.2, 0.25) is 11.8 Å². The summed E-state index contributed by atoms with van der Waals surface area (Å²) in [5.74, 6) is -2.73. The molecule has 0 rings (SSSR count). The summed E-state index contributed by atoms with van der Waals surface area (Å²) in [7, 11) is 0. The van der Waals surface area contributed by atoms with Gasteiger partial charge in [0.25, 0.3) is 0 Å². The number of nitrogens with one attached hydrogen (secondary N) is 2. The lowest BCUT2D eigenvalue weighted by Gasteiger charge is -2.23. The minimum absolute atomic E-state index is 0.0942. The van der Waals surface area contributed by atoms with Gasteiger partial charge in [-0.3, -0.25) is 9.59 Å². The molecule has 0 aromatic rings. The molecule has 0 aromatic heterocycles. The van der Waals surface area contributed by atoms with E-state index in [0.29, 0.717) is 0 Å². The lowest BCUT2D eigenvalue weighted by Crippen LogP contribution is -2.57. The fraction of sp³-hybridized carbons (Fsp3) is 0.750. The molecule has 128 valence electrons. The highest BCUT2D eigenvalue weighted by Gasteiger charge is 2.29. The summed E-state index contributed by atoms with van der Waals surface area (Å²) in [5, 5.41) is 22.8. The van der Waals surface area contributed by atoms with E-state index in [4.69, 9.17) is 22.3 Å². The molecule has 0 bridgehead atoms. The Morgan fingerprint density at radius 3 is 2.00 bits per heavy atom. The smallest absolute Gasteiger partial charge is 0.328 e. The van der Waals surface area contributed by atoms with E-state index in [1.807, 2.05) is 0 Å². The van der Waals surface area contributed by atoms with Crippen molar-refractivity contribution in [1.29, 1.82) is 0 Å². The fourth-order valence-corrected chi connectivity index (χ4v) is 1.67. The van der Waals surface area contributed by atoms with E-state index in [1.54, 1.807) is 0 Å². The number of amides is 2. The van der Waals surface area contributed by atoms with E-state index < -0.39 is 42.0 Å². The number of rotatable bonds is 10. The minimum Gasteiger partial charge on any atom is -0.480 e. The molecule has 0 heterocycles. The molecule has 2 amide bonds. The van der Waals surface area contributed by atoms with E-state index in [9.17, 15) is 19.5 Å². The number of aliphatic hydroxyl groups excluding tert-OH is 1. The predicted octanol–water partition coefficient (Wildman–Crippen LogP) is -3.55. The van der Waals surface area contributed by atoms with Gasteiger partial charge in [-0.2, -0.15) is 0 Å². The topological polar surface area (TPSA) is 194 Å². The van der Waals surface area contributed by atoms with Gasteiger partial charge in [-0.25, -0.2) is 4.79 Å². The van der Waals surface area contributed by atoms with Crippen molar-refractivity contribution >= 4 is 17.8 Å². The van der Waals surface area contributed by atoms with E-state index in [-0.39, 0.29) is 25.9 Å². The van der Waals surface area contributed by atoms with Gasteiger partial charge in [0.05, 0.1) is 12.1 Å². The Hall–Kier alpha value is -1.75. The van der Waals surface area contributed by atoms with Gasteiger partial charge in [0.1, 0.15) is 6.04 Å². The Kier molecular flexibility index (Phi) is 9.26. The zero-order valence-corrected chi connectivity index (χ0v) is 12.5. The van der Waals surface area contributed by atoms with E-state index >= 15 is 0 Å². The zero-order valence-electron chi connectivity index (χ0n) is 12.5. The van der Waals surface area contributed by atoms with Crippen LogP contribution in [0.25, 0.3) is 0 Å². The molecule has 0 fully saturated rings. The number of hydrogen-bond acceptors (Lipinski definition) is 7. The Morgan fingerprint density at radius 1 is 1.05 bits per heavy atom. The van der Waals surface area contributed by atoms with Crippen molar-refractivity contribution in [3.8, 4) is 0 Å². The summed E-state index contributed by atoms with van der Waals surface area (Å²) in [4.78, 5) is 34.8. The lowest BCUT2D eigenvalue weighted by atomic mass is 10.1. The quantitative estimate of drug-likeness (QED) is 0.215. The average Bonchev–Trinajstić information content (AvgIpc) is 2.43. The first-order valence-electron chi connectivity index (χ1n) is 6.91. The Morgan fingerprint density at radius 2 is 1.59 bits per heavy atom. The SMILES string of the molecule is C[C@@H](O)[C@H](NC(=O)[C@H](CCN)NC(=O)[C@@H](N)CCN)C(=O)O. The van der Waals surface area contributed by atoms with E-state index in [1.165, 1.54) is 6.92 Å². The largest absolute Gasteiger partial charge is 0.480 e. The zero-order chi connectivity index (χ0) is 17.3. The van der Waals surface area contributed by atoms with E-state index in [2.05, 4.69) is 10.6 Å². The molecule has 0 radical (unpaired) electrons. The number of aliphatic carboxylic acids is 1. The number of carbonyl (C=O) groups is 3. The number of nitrogens with two attached hydrogens (primary N) is 3. The third kappa shape index (κ3) is 6.80. The first-order chi connectivity index (χ1) is 10.2.